The van der Waals surface area contributed by atoms with E-state index in [1.165, 1.54) is 0 Å². The van der Waals surface area contributed by atoms with Crippen LogP contribution in [0.25, 0.3) is 0 Å². The molecule has 2 rings (SSSR count). The fraction of sp³-hybridized carbons (Fsp3) is 0.0667. The molecule has 4 heteroatoms. The molecule has 0 aromatic heterocycles. The van der Waals surface area contributed by atoms with Gasteiger partial charge in [-0.1, -0.05) is 28.1 Å². The van der Waals surface area contributed by atoms with Crippen molar-refractivity contribution in [2.75, 3.05) is 5.32 Å². The van der Waals surface area contributed by atoms with Gasteiger partial charge in [0, 0.05) is 15.7 Å². The summed E-state index contributed by atoms with van der Waals surface area (Å²) in [5.74, 6) is -0.224. The van der Waals surface area contributed by atoms with Crippen LogP contribution in [0, 0.1) is 18.3 Å². The Hall–Kier alpha value is -2.12. The van der Waals surface area contributed by atoms with Gasteiger partial charge in [-0.2, -0.15) is 5.26 Å². The molecule has 0 heterocycles. The number of nitrogens with zero attached hydrogens (tertiary/aromatic N) is 1. The van der Waals surface area contributed by atoms with Crippen molar-refractivity contribution in [1.82, 2.24) is 0 Å². The number of benzene rings is 2. The van der Waals surface area contributed by atoms with Crippen molar-refractivity contribution in [2.24, 2.45) is 0 Å². The molecule has 0 fully saturated rings. The second kappa shape index (κ2) is 5.68. The molecular formula is C15H11BrN2O. The zero-order chi connectivity index (χ0) is 13.8. The van der Waals surface area contributed by atoms with Gasteiger partial charge in [0.1, 0.15) is 0 Å². The number of amides is 1. The van der Waals surface area contributed by atoms with Gasteiger partial charge in [0.15, 0.2) is 0 Å². The van der Waals surface area contributed by atoms with Crippen LogP contribution < -0.4 is 5.32 Å². The SMILES string of the molecule is Cc1c(Br)cccc1NC(=O)c1cccc(C#N)c1. The minimum Gasteiger partial charge on any atom is -0.322 e. The van der Waals surface area contributed by atoms with Crippen molar-refractivity contribution >= 4 is 27.5 Å². The van der Waals surface area contributed by atoms with Gasteiger partial charge in [-0.25, -0.2) is 0 Å². The Bertz CT molecular complexity index is 674. The molecule has 0 aliphatic rings. The molecule has 94 valence electrons. The summed E-state index contributed by atoms with van der Waals surface area (Å²) in [6.45, 7) is 1.92. The molecule has 3 nitrogen and oxygen atoms in total. The summed E-state index contributed by atoms with van der Waals surface area (Å²) in [4.78, 5) is 12.1. The first kappa shape index (κ1) is 13.3. The quantitative estimate of drug-likeness (QED) is 0.914. The molecular weight excluding hydrogens is 304 g/mol. The van der Waals surface area contributed by atoms with Crippen molar-refractivity contribution < 1.29 is 4.79 Å². The summed E-state index contributed by atoms with van der Waals surface area (Å²) in [5.41, 5.74) is 2.66. The Morgan fingerprint density at radius 1 is 1.26 bits per heavy atom. The van der Waals surface area contributed by atoms with Crippen LogP contribution in [0.15, 0.2) is 46.9 Å². The molecule has 0 aliphatic heterocycles. The van der Waals surface area contributed by atoms with Crippen LogP contribution in [0.3, 0.4) is 0 Å². The first-order valence-electron chi connectivity index (χ1n) is 5.68. The predicted molar refractivity (Wildman–Crippen MR) is 78.0 cm³/mol. The van der Waals surface area contributed by atoms with Gasteiger partial charge in [0.25, 0.3) is 5.91 Å². The van der Waals surface area contributed by atoms with E-state index < -0.39 is 0 Å². The number of rotatable bonds is 2. The molecule has 0 saturated carbocycles. The van der Waals surface area contributed by atoms with Gasteiger partial charge in [-0.15, -0.1) is 0 Å². The maximum atomic E-state index is 12.1. The number of carbonyl (C=O) groups is 1. The van der Waals surface area contributed by atoms with Crippen molar-refractivity contribution in [3.8, 4) is 6.07 Å². The van der Waals surface area contributed by atoms with Crippen molar-refractivity contribution in [1.29, 1.82) is 5.26 Å². The summed E-state index contributed by atoms with van der Waals surface area (Å²) < 4.78 is 0.941. The highest BCUT2D eigenvalue weighted by molar-refractivity contribution is 9.10. The lowest BCUT2D eigenvalue weighted by Crippen LogP contribution is -2.12. The predicted octanol–water partition coefficient (Wildman–Crippen LogP) is 3.88. The summed E-state index contributed by atoms with van der Waals surface area (Å²) in [6.07, 6.45) is 0. The fourth-order valence-corrected chi connectivity index (χ4v) is 2.03. The summed E-state index contributed by atoms with van der Waals surface area (Å²) in [6, 6.07) is 14.3. The number of nitriles is 1. The first-order chi connectivity index (χ1) is 9.11. The average molecular weight is 315 g/mol. The van der Waals surface area contributed by atoms with Gasteiger partial charge in [0.2, 0.25) is 0 Å². The largest absolute Gasteiger partial charge is 0.322 e. The van der Waals surface area contributed by atoms with Crippen LogP contribution in [-0.2, 0) is 0 Å². The highest BCUT2D eigenvalue weighted by Crippen LogP contribution is 2.23. The summed E-state index contributed by atoms with van der Waals surface area (Å²) >= 11 is 3.42. The van der Waals surface area contributed by atoms with Crippen LogP contribution in [-0.4, -0.2) is 5.91 Å². The zero-order valence-corrected chi connectivity index (χ0v) is 11.9. The highest BCUT2D eigenvalue weighted by atomic mass is 79.9. The Labute approximate surface area is 120 Å². The van der Waals surface area contributed by atoms with E-state index in [2.05, 4.69) is 21.2 Å². The van der Waals surface area contributed by atoms with Gasteiger partial charge in [-0.3, -0.25) is 4.79 Å². The Morgan fingerprint density at radius 3 is 2.74 bits per heavy atom. The average Bonchev–Trinajstić information content (AvgIpc) is 2.44. The van der Waals surface area contributed by atoms with E-state index >= 15 is 0 Å². The van der Waals surface area contributed by atoms with E-state index in [-0.39, 0.29) is 5.91 Å². The minimum absolute atomic E-state index is 0.224. The topological polar surface area (TPSA) is 52.9 Å². The number of carbonyl (C=O) groups excluding carboxylic acids is 1. The Balaban J connectivity index is 2.26. The number of anilines is 1. The molecule has 0 spiro atoms. The standard InChI is InChI=1S/C15H11BrN2O/c1-10-13(16)6-3-7-14(10)18-15(19)12-5-2-4-11(8-12)9-17/h2-8H,1H3,(H,18,19). The molecule has 2 aromatic carbocycles. The van der Waals surface area contributed by atoms with Crippen LogP contribution in [0.2, 0.25) is 0 Å². The highest BCUT2D eigenvalue weighted by Gasteiger charge is 2.09. The van der Waals surface area contributed by atoms with E-state index in [4.69, 9.17) is 5.26 Å². The number of nitrogens with one attached hydrogen (secondary N) is 1. The minimum atomic E-state index is -0.224. The maximum Gasteiger partial charge on any atom is 0.255 e. The smallest absolute Gasteiger partial charge is 0.255 e. The number of hydrogen-bond donors (Lipinski definition) is 1. The van der Waals surface area contributed by atoms with Crippen LogP contribution in [0.1, 0.15) is 21.5 Å². The van der Waals surface area contributed by atoms with Crippen molar-refractivity contribution in [3.05, 3.63) is 63.6 Å². The summed E-state index contributed by atoms with van der Waals surface area (Å²) in [5, 5.41) is 11.7. The Kier molecular flexibility index (Phi) is 3.98. The van der Waals surface area contributed by atoms with Crippen LogP contribution in [0.5, 0.6) is 0 Å². The van der Waals surface area contributed by atoms with Crippen LogP contribution >= 0.6 is 15.9 Å². The van der Waals surface area contributed by atoms with E-state index in [0.29, 0.717) is 11.1 Å². The lowest BCUT2D eigenvalue weighted by molar-refractivity contribution is 0.102. The molecule has 1 amide bonds. The third-order valence-electron chi connectivity index (χ3n) is 2.77. The Morgan fingerprint density at radius 2 is 2.00 bits per heavy atom. The third-order valence-corrected chi connectivity index (χ3v) is 3.63. The lowest BCUT2D eigenvalue weighted by atomic mass is 10.1. The van der Waals surface area contributed by atoms with Gasteiger partial charge in [-0.05, 0) is 42.8 Å². The van der Waals surface area contributed by atoms with Gasteiger partial charge >= 0.3 is 0 Å². The summed E-state index contributed by atoms with van der Waals surface area (Å²) in [7, 11) is 0. The first-order valence-corrected chi connectivity index (χ1v) is 6.48. The van der Waals surface area contributed by atoms with Crippen molar-refractivity contribution in [2.45, 2.75) is 6.92 Å². The monoisotopic (exact) mass is 314 g/mol. The molecule has 19 heavy (non-hydrogen) atoms. The van der Waals surface area contributed by atoms with E-state index in [0.717, 1.165) is 15.7 Å². The number of hydrogen-bond acceptors (Lipinski definition) is 2. The molecule has 0 radical (unpaired) electrons. The molecule has 0 unspecified atom stereocenters. The third kappa shape index (κ3) is 3.01. The normalized spacial score (nSPS) is 9.74. The second-order valence-electron chi connectivity index (χ2n) is 4.06. The number of halogens is 1. The van der Waals surface area contributed by atoms with E-state index in [9.17, 15) is 4.79 Å². The molecule has 0 saturated heterocycles. The van der Waals surface area contributed by atoms with Crippen molar-refractivity contribution in [3.63, 3.8) is 0 Å². The zero-order valence-electron chi connectivity index (χ0n) is 10.3. The van der Waals surface area contributed by atoms with E-state index in [1.54, 1.807) is 24.3 Å². The van der Waals surface area contributed by atoms with Gasteiger partial charge < -0.3 is 5.32 Å². The molecule has 0 aliphatic carbocycles. The maximum absolute atomic E-state index is 12.1. The molecule has 1 N–H and O–H groups in total. The lowest BCUT2D eigenvalue weighted by Gasteiger charge is -2.09. The van der Waals surface area contributed by atoms with Gasteiger partial charge in [0.05, 0.1) is 11.6 Å². The molecule has 2 aromatic rings. The van der Waals surface area contributed by atoms with Crippen LogP contribution in [0.4, 0.5) is 5.69 Å². The molecule has 0 bridgehead atoms. The second-order valence-corrected chi connectivity index (χ2v) is 4.91. The van der Waals surface area contributed by atoms with E-state index in [1.807, 2.05) is 31.2 Å². The fourth-order valence-electron chi connectivity index (χ4n) is 1.67. The molecule has 0 atom stereocenters.